The molecule has 2 heterocycles. The fourth-order valence-corrected chi connectivity index (χ4v) is 4.01. The Bertz CT molecular complexity index is 809. The quantitative estimate of drug-likeness (QED) is 0.871. The van der Waals surface area contributed by atoms with E-state index < -0.39 is 5.60 Å². The number of pyridine rings is 1. The van der Waals surface area contributed by atoms with Gasteiger partial charge in [-0.1, -0.05) is 18.2 Å². The average Bonchev–Trinajstić information content (AvgIpc) is 3.12. The van der Waals surface area contributed by atoms with Crippen molar-refractivity contribution in [3.8, 4) is 0 Å². The number of benzene rings is 1. The molecule has 5 heteroatoms. The summed E-state index contributed by atoms with van der Waals surface area (Å²) < 4.78 is 0. The monoisotopic (exact) mass is 351 g/mol. The van der Waals surface area contributed by atoms with E-state index in [1.165, 1.54) is 11.1 Å². The summed E-state index contributed by atoms with van der Waals surface area (Å²) in [6, 6.07) is 9.92. The first-order valence-electron chi connectivity index (χ1n) is 9.37. The zero-order valence-corrected chi connectivity index (χ0v) is 15.2. The summed E-state index contributed by atoms with van der Waals surface area (Å²) in [4.78, 5) is 18.8. The molecule has 1 aromatic heterocycles. The number of hydrogen-bond donors (Lipinski definition) is 2. The number of carbonyl (C=O) groups excluding carboxylic acids is 1. The van der Waals surface area contributed by atoms with Crippen LogP contribution in [-0.2, 0) is 18.4 Å². The summed E-state index contributed by atoms with van der Waals surface area (Å²) in [6.45, 7) is 3.02. The van der Waals surface area contributed by atoms with Gasteiger partial charge in [-0.05, 0) is 67.9 Å². The van der Waals surface area contributed by atoms with Crippen LogP contribution in [0.4, 0.5) is 10.5 Å². The first-order chi connectivity index (χ1) is 12.5. The molecule has 4 rings (SSSR count). The minimum Gasteiger partial charge on any atom is -0.383 e. The number of aliphatic hydroxyl groups is 1. The predicted molar refractivity (Wildman–Crippen MR) is 101 cm³/mol. The number of rotatable bonds is 2. The molecule has 1 fully saturated rings. The Morgan fingerprint density at radius 3 is 2.73 bits per heavy atom. The highest BCUT2D eigenvalue weighted by Gasteiger charge is 2.36. The molecule has 2 amide bonds. The number of aryl methyl sites for hydroxylation is 2. The Balaban J connectivity index is 1.41. The van der Waals surface area contributed by atoms with Gasteiger partial charge in [0.25, 0.3) is 0 Å². The standard InChI is InChI=1S/C21H25N3O2/c1-15-8-9-19(22-14-15)21(26)10-12-24(13-11-21)20(25)23-18-7-3-5-16-4-2-6-17(16)18/h3,5,7-9,14,26H,2,4,6,10-13H2,1H3,(H,23,25). The van der Waals surface area contributed by atoms with Crippen LogP contribution in [0.15, 0.2) is 36.5 Å². The fourth-order valence-electron chi connectivity index (χ4n) is 4.01. The average molecular weight is 351 g/mol. The molecule has 0 spiro atoms. The molecule has 0 bridgehead atoms. The highest BCUT2D eigenvalue weighted by atomic mass is 16.3. The van der Waals surface area contributed by atoms with E-state index in [2.05, 4.69) is 16.4 Å². The van der Waals surface area contributed by atoms with E-state index in [1.807, 2.05) is 31.2 Å². The first-order valence-corrected chi connectivity index (χ1v) is 9.37. The summed E-state index contributed by atoms with van der Waals surface area (Å²) >= 11 is 0. The summed E-state index contributed by atoms with van der Waals surface area (Å²) in [6.07, 6.45) is 6.07. The van der Waals surface area contributed by atoms with Crippen molar-refractivity contribution in [3.63, 3.8) is 0 Å². The van der Waals surface area contributed by atoms with Gasteiger partial charge in [0.2, 0.25) is 0 Å². The Kier molecular flexibility index (Phi) is 4.41. The van der Waals surface area contributed by atoms with Gasteiger partial charge in [-0.15, -0.1) is 0 Å². The molecule has 1 aromatic carbocycles. The SMILES string of the molecule is Cc1ccc(C2(O)CCN(C(=O)Nc3cccc4c3CCC4)CC2)nc1. The van der Waals surface area contributed by atoms with Gasteiger partial charge in [0.15, 0.2) is 0 Å². The van der Waals surface area contributed by atoms with E-state index in [-0.39, 0.29) is 6.03 Å². The number of aromatic nitrogens is 1. The maximum absolute atomic E-state index is 12.7. The second kappa shape index (κ2) is 6.72. The van der Waals surface area contributed by atoms with Crippen molar-refractivity contribution in [2.45, 2.75) is 44.6 Å². The predicted octanol–water partition coefficient (Wildman–Crippen LogP) is 3.39. The Hall–Kier alpha value is -2.40. The van der Waals surface area contributed by atoms with Gasteiger partial charge in [-0.2, -0.15) is 0 Å². The van der Waals surface area contributed by atoms with Crippen LogP contribution in [0.3, 0.4) is 0 Å². The van der Waals surface area contributed by atoms with Crippen molar-refractivity contribution in [2.24, 2.45) is 0 Å². The third-order valence-corrected chi connectivity index (χ3v) is 5.65. The van der Waals surface area contributed by atoms with Crippen LogP contribution >= 0.6 is 0 Å². The molecule has 136 valence electrons. The van der Waals surface area contributed by atoms with Crippen LogP contribution < -0.4 is 5.32 Å². The van der Waals surface area contributed by atoms with Gasteiger partial charge >= 0.3 is 6.03 Å². The highest BCUT2D eigenvalue weighted by Crippen LogP contribution is 2.33. The van der Waals surface area contributed by atoms with Crippen molar-refractivity contribution in [2.75, 3.05) is 18.4 Å². The molecule has 1 aliphatic carbocycles. The number of nitrogens with one attached hydrogen (secondary N) is 1. The van der Waals surface area contributed by atoms with E-state index in [0.717, 1.165) is 30.5 Å². The van der Waals surface area contributed by atoms with E-state index in [9.17, 15) is 9.90 Å². The lowest BCUT2D eigenvalue weighted by Gasteiger charge is -2.37. The lowest BCUT2D eigenvalue weighted by Crippen LogP contribution is -2.47. The molecule has 26 heavy (non-hydrogen) atoms. The number of hydrogen-bond acceptors (Lipinski definition) is 3. The minimum atomic E-state index is -0.946. The Morgan fingerprint density at radius 2 is 2.00 bits per heavy atom. The zero-order chi connectivity index (χ0) is 18.1. The third-order valence-electron chi connectivity index (χ3n) is 5.65. The number of urea groups is 1. The summed E-state index contributed by atoms with van der Waals surface area (Å²) in [7, 11) is 0. The summed E-state index contributed by atoms with van der Waals surface area (Å²) in [5, 5.41) is 14.0. The third kappa shape index (κ3) is 3.19. The largest absolute Gasteiger partial charge is 0.383 e. The molecule has 2 N–H and O–H groups in total. The Labute approximate surface area is 154 Å². The van der Waals surface area contributed by atoms with Crippen LogP contribution in [0, 0.1) is 6.92 Å². The maximum Gasteiger partial charge on any atom is 0.321 e. The van der Waals surface area contributed by atoms with Crippen LogP contribution in [-0.4, -0.2) is 34.1 Å². The van der Waals surface area contributed by atoms with E-state index in [0.29, 0.717) is 31.6 Å². The molecule has 0 radical (unpaired) electrons. The van der Waals surface area contributed by atoms with Crippen molar-refractivity contribution >= 4 is 11.7 Å². The van der Waals surface area contributed by atoms with Crippen molar-refractivity contribution in [1.29, 1.82) is 0 Å². The summed E-state index contributed by atoms with van der Waals surface area (Å²) in [5.74, 6) is 0. The van der Waals surface area contributed by atoms with Crippen LogP contribution in [0.5, 0.6) is 0 Å². The van der Waals surface area contributed by atoms with Crippen molar-refractivity contribution in [3.05, 3.63) is 58.9 Å². The Morgan fingerprint density at radius 1 is 1.19 bits per heavy atom. The molecule has 0 unspecified atom stereocenters. The normalized spacial score (nSPS) is 18.5. The molecule has 0 atom stereocenters. The van der Waals surface area contributed by atoms with Crippen molar-refractivity contribution in [1.82, 2.24) is 9.88 Å². The second-order valence-electron chi connectivity index (χ2n) is 7.47. The smallest absolute Gasteiger partial charge is 0.321 e. The van der Waals surface area contributed by atoms with Crippen LogP contribution in [0.2, 0.25) is 0 Å². The first kappa shape index (κ1) is 17.0. The molecule has 1 saturated heterocycles. The van der Waals surface area contributed by atoms with Gasteiger partial charge in [0.1, 0.15) is 5.60 Å². The maximum atomic E-state index is 12.7. The lowest BCUT2D eigenvalue weighted by molar-refractivity contribution is -0.0193. The second-order valence-corrected chi connectivity index (χ2v) is 7.47. The number of fused-ring (bicyclic) bond motifs is 1. The number of amides is 2. The fraction of sp³-hybridized carbons (Fsp3) is 0.429. The van der Waals surface area contributed by atoms with E-state index >= 15 is 0 Å². The molecule has 1 aliphatic heterocycles. The highest BCUT2D eigenvalue weighted by molar-refractivity contribution is 5.90. The van der Waals surface area contributed by atoms with Gasteiger partial charge in [-0.3, -0.25) is 4.98 Å². The molecule has 2 aromatic rings. The van der Waals surface area contributed by atoms with Crippen molar-refractivity contribution < 1.29 is 9.90 Å². The molecule has 2 aliphatic rings. The molecule has 0 saturated carbocycles. The zero-order valence-electron chi connectivity index (χ0n) is 15.2. The summed E-state index contributed by atoms with van der Waals surface area (Å²) in [5.41, 5.74) is 4.39. The van der Waals surface area contributed by atoms with Crippen LogP contribution in [0.25, 0.3) is 0 Å². The molecule has 5 nitrogen and oxygen atoms in total. The van der Waals surface area contributed by atoms with E-state index in [4.69, 9.17) is 0 Å². The van der Waals surface area contributed by atoms with Gasteiger partial charge in [0, 0.05) is 25.0 Å². The number of piperidine rings is 1. The number of carbonyl (C=O) groups is 1. The van der Waals surface area contributed by atoms with Crippen LogP contribution in [0.1, 0.15) is 41.6 Å². The molecular formula is C21H25N3O2. The molecular weight excluding hydrogens is 326 g/mol. The number of nitrogens with zero attached hydrogens (tertiary/aromatic N) is 2. The number of anilines is 1. The number of likely N-dealkylation sites (tertiary alicyclic amines) is 1. The van der Waals surface area contributed by atoms with Gasteiger partial charge in [-0.25, -0.2) is 4.79 Å². The lowest BCUT2D eigenvalue weighted by atomic mass is 9.87. The van der Waals surface area contributed by atoms with Gasteiger partial charge in [0.05, 0.1) is 5.69 Å². The topological polar surface area (TPSA) is 65.5 Å². The van der Waals surface area contributed by atoms with Gasteiger partial charge < -0.3 is 15.3 Å². The van der Waals surface area contributed by atoms with E-state index in [1.54, 1.807) is 11.1 Å². The minimum absolute atomic E-state index is 0.0794.